The molecule has 0 aliphatic heterocycles. The summed E-state index contributed by atoms with van der Waals surface area (Å²) < 4.78 is 15.9. The Balaban J connectivity index is 1.84. The standard InChI is InChI=1S/C14H19O5P/c1-3-18-20(17-2)19-9-10-4-6-11(7-5-10)12-8-13(12)14(15)16/h4-7,12-13H,3,8-9H2,1-2H3,(H,15,16)/t12-,13-,20?/m1/s1. The first-order valence-electron chi connectivity index (χ1n) is 6.57. The molecule has 1 aliphatic rings. The fraction of sp³-hybridized carbons (Fsp3) is 0.500. The van der Waals surface area contributed by atoms with Gasteiger partial charge in [0.15, 0.2) is 0 Å². The topological polar surface area (TPSA) is 65.0 Å². The highest BCUT2D eigenvalue weighted by atomic mass is 31.2. The third-order valence-electron chi connectivity index (χ3n) is 3.24. The molecule has 1 N–H and O–H groups in total. The van der Waals surface area contributed by atoms with Crippen molar-refractivity contribution in [3.8, 4) is 0 Å². The van der Waals surface area contributed by atoms with Gasteiger partial charge in [-0.3, -0.25) is 4.79 Å². The lowest BCUT2D eigenvalue weighted by atomic mass is 10.1. The zero-order valence-electron chi connectivity index (χ0n) is 11.6. The molecule has 0 radical (unpaired) electrons. The largest absolute Gasteiger partial charge is 0.481 e. The maximum Gasteiger partial charge on any atom is 0.332 e. The summed E-state index contributed by atoms with van der Waals surface area (Å²) in [4.78, 5) is 10.8. The molecule has 0 bridgehead atoms. The average molecular weight is 298 g/mol. The molecule has 1 aromatic rings. The summed E-state index contributed by atoms with van der Waals surface area (Å²) >= 11 is 0. The van der Waals surface area contributed by atoms with E-state index >= 15 is 0 Å². The fourth-order valence-electron chi connectivity index (χ4n) is 2.07. The Bertz CT molecular complexity index is 447. The van der Waals surface area contributed by atoms with Gasteiger partial charge in [-0.2, -0.15) is 0 Å². The van der Waals surface area contributed by atoms with E-state index in [0.29, 0.717) is 13.2 Å². The molecule has 1 aliphatic carbocycles. The van der Waals surface area contributed by atoms with Crippen molar-refractivity contribution in [1.82, 2.24) is 0 Å². The van der Waals surface area contributed by atoms with Crippen LogP contribution in [0.25, 0.3) is 0 Å². The number of carboxylic acid groups (broad SMARTS) is 1. The highest BCUT2D eigenvalue weighted by Gasteiger charge is 2.43. The zero-order valence-corrected chi connectivity index (χ0v) is 12.5. The van der Waals surface area contributed by atoms with Crippen LogP contribution in [0.5, 0.6) is 0 Å². The van der Waals surface area contributed by atoms with Gasteiger partial charge in [0.05, 0.1) is 19.1 Å². The molecule has 0 amide bonds. The Labute approximate surface area is 119 Å². The van der Waals surface area contributed by atoms with E-state index in [4.69, 9.17) is 18.7 Å². The van der Waals surface area contributed by atoms with Gasteiger partial charge in [0, 0.05) is 7.11 Å². The molecule has 20 heavy (non-hydrogen) atoms. The summed E-state index contributed by atoms with van der Waals surface area (Å²) in [5, 5.41) is 8.92. The van der Waals surface area contributed by atoms with Gasteiger partial charge in [0.2, 0.25) is 0 Å². The zero-order chi connectivity index (χ0) is 14.5. The van der Waals surface area contributed by atoms with Crippen LogP contribution in [0.1, 0.15) is 30.4 Å². The second-order valence-electron chi connectivity index (χ2n) is 4.63. The molecule has 1 saturated carbocycles. The second kappa shape index (κ2) is 7.14. The van der Waals surface area contributed by atoms with Crippen LogP contribution in [-0.2, 0) is 25.0 Å². The third kappa shape index (κ3) is 4.00. The summed E-state index contributed by atoms with van der Waals surface area (Å²) in [6, 6.07) is 7.87. The molecular weight excluding hydrogens is 279 g/mol. The van der Waals surface area contributed by atoms with Crippen LogP contribution < -0.4 is 0 Å². The number of carboxylic acids is 1. The summed E-state index contributed by atoms with van der Waals surface area (Å²) in [5.41, 5.74) is 2.10. The molecule has 3 atom stereocenters. The Morgan fingerprint density at radius 2 is 2.05 bits per heavy atom. The lowest BCUT2D eigenvalue weighted by molar-refractivity contribution is -0.138. The van der Waals surface area contributed by atoms with Gasteiger partial charge in [-0.05, 0) is 30.4 Å². The van der Waals surface area contributed by atoms with Crippen molar-refractivity contribution in [3.05, 3.63) is 35.4 Å². The molecule has 110 valence electrons. The molecule has 0 spiro atoms. The number of carbonyl (C=O) groups is 1. The summed E-state index contributed by atoms with van der Waals surface area (Å²) in [5.74, 6) is -0.747. The highest BCUT2D eigenvalue weighted by Crippen LogP contribution is 2.47. The van der Waals surface area contributed by atoms with Crippen LogP contribution >= 0.6 is 8.60 Å². The number of hydrogen-bond donors (Lipinski definition) is 1. The van der Waals surface area contributed by atoms with E-state index in [1.165, 1.54) is 0 Å². The van der Waals surface area contributed by atoms with Gasteiger partial charge in [-0.25, -0.2) is 0 Å². The molecule has 0 saturated heterocycles. The van der Waals surface area contributed by atoms with Crippen molar-refractivity contribution in [3.63, 3.8) is 0 Å². The van der Waals surface area contributed by atoms with Gasteiger partial charge in [-0.1, -0.05) is 24.3 Å². The summed E-state index contributed by atoms with van der Waals surface area (Å²) in [7, 11) is 0.276. The minimum Gasteiger partial charge on any atom is -0.481 e. The quantitative estimate of drug-likeness (QED) is 0.746. The van der Waals surface area contributed by atoms with E-state index in [0.717, 1.165) is 17.5 Å². The molecule has 1 fully saturated rings. The molecule has 0 heterocycles. The minimum atomic E-state index is -1.28. The third-order valence-corrected chi connectivity index (χ3v) is 4.34. The Kier molecular flexibility index (Phi) is 5.49. The number of benzene rings is 1. The lowest BCUT2D eigenvalue weighted by Crippen LogP contribution is -1.99. The first-order chi connectivity index (χ1) is 9.65. The van der Waals surface area contributed by atoms with Gasteiger partial charge < -0.3 is 18.7 Å². The van der Waals surface area contributed by atoms with E-state index in [1.807, 2.05) is 31.2 Å². The normalized spacial score (nSPS) is 22.5. The predicted octanol–water partition coefficient (Wildman–Crippen LogP) is 3.30. The van der Waals surface area contributed by atoms with Crippen molar-refractivity contribution >= 4 is 14.6 Å². The smallest absolute Gasteiger partial charge is 0.332 e. The van der Waals surface area contributed by atoms with Crippen molar-refractivity contribution in [2.24, 2.45) is 5.92 Å². The molecule has 1 aromatic carbocycles. The number of rotatable bonds is 8. The Morgan fingerprint density at radius 3 is 2.55 bits per heavy atom. The van der Waals surface area contributed by atoms with Crippen molar-refractivity contribution in [2.45, 2.75) is 25.9 Å². The van der Waals surface area contributed by atoms with E-state index in [9.17, 15) is 4.79 Å². The highest BCUT2D eigenvalue weighted by molar-refractivity contribution is 7.41. The van der Waals surface area contributed by atoms with Crippen LogP contribution in [-0.4, -0.2) is 24.8 Å². The van der Waals surface area contributed by atoms with E-state index < -0.39 is 14.6 Å². The van der Waals surface area contributed by atoms with Crippen LogP contribution in [0.3, 0.4) is 0 Å². The molecule has 1 unspecified atom stereocenters. The van der Waals surface area contributed by atoms with Crippen molar-refractivity contribution in [1.29, 1.82) is 0 Å². The molecule has 5 nitrogen and oxygen atoms in total. The second-order valence-corrected chi connectivity index (χ2v) is 5.95. The fourth-order valence-corrected chi connectivity index (χ4v) is 2.82. The summed E-state index contributed by atoms with van der Waals surface area (Å²) in [6.45, 7) is 2.87. The average Bonchev–Trinajstić information content (AvgIpc) is 3.24. The molecular formula is C14H19O5P. The molecule has 2 rings (SSSR count). The SMILES string of the molecule is CCOP(OC)OCc1ccc([C@H]2C[C@H]2C(=O)O)cc1. The Hall–Kier alpha value is -1.00. The number of hydrogen-bond acceptors (Lipinski definition) is 4. The van der Waals surface area contributed by atoms with Crippen LogP contribution in [0.15, 0.2) is 24.3 Å². The molecule has 6 heteroatoms. The monoisotopic (exact) mass is 298 g/mol. The van der Waals surface area contributed by atoms with E-state index in [2.05, 4.69) is 0 Å². The minimum absolute atomic E-state index is 0.169. The lowest BCUT2D eigenvalue weighted by Gasteiger charge is -2.13. The van der Waals surface area contributed by atoms with Crippen LogP contribution in [0.4, 0.5) is 0 Å². The van der Waals surface area contributed by atoms with Gasteiger partial charge in [-0.15, -0.1) is 0 Å². The van der Waals surface area contributed by atoms with Gasteiger partial charge in [0.25, 0.3) is 0 Å². The van der Waals surface area contributed by atoms with Gasteiger partial charge in [0.1, 0.15) is 0 Å². The van der Waals surface area contributed by atoms with E-state index in [-0.39, 0.29) is 11.8 Å². The Morgan fingerprint density at radius 1 is 1.35 bits per heavy atom. The van der Waals surface area contributed by atoms with Crippen LogP contribution in [0, 0.1) is 5.92 Å². The first kappa shape index (κ1) is 15.4. The first-order valence-corrected chi connectivity index (χ1v) is 7.67. The number of aliphatic carboxylic acids is 1. The maximum atomic E-state index is 10.8. The van der Waals surface area contributed by atoms with Crippen molar-refractivity contribution in [2.75, 3.05) is 13.7 Å². The predicted molar refractivity (Wildman–Crippen MR) is 75.3 cm³/mol. The summed E-state index contributed by atoms with van der Waals surface area (Å²) in [6.07, 6.45) is 0.741. The maximum absolute atomic E-state index is 10.8. The van der Waals surface area contributed by atoms with E-state index in [1.54, 1.807) is 7.11 Å². The molecule has 0 aromatic heterocycles. The van der Waals surface area contributed by atoms with Crippen molar-refractivity contribution < 1.29 is 23.5 Å². The van der Waals surface area contributed by atoms with Gasteiger partial charge >= 0.3 is 14.6 Å². The van der Waals surface area contributed by atoms with Crippen LogP contribution in [0.2, 0.25) is 0 Å².